The van der Waals surface area contributed by atoms with Crippen molar-refractivity contribution in [2.24, 2.45) is 5.73 Å². The Labute approximate surface area is 86.5 Å². The van der Waals surface area contributed by atoms with Gasteiger partial charge in [-0.15, -0.1) is 0 Å². The van der Waals surface area contributed by atoms with Crippen LogP contribution in [0.2, 0.25) is 0 Å². The summed E-state index contributed by atoms with van der Waals surface area (Å²) in [5.41, 5.74) is 6.80. The number of pyridine rings is 1. The zero-order valence-corrected chi connectivity index (χ0v) is 8.30. The van der Waals surface area contributed by atoms with Gasteiger partial charge in [0, 0.05) is 6.54 Å². The minimum Gasteiger partial charge on any atom is -0.325 e. The van der Waals surface area contributed by atoms with Crippen molar-refractivity contribution in [3.63, 3.8) is 0 Å². The van der Waals surface area contributed by atoms with E-state index in [9.17, 15) is 8.78 Å². The molecule has 0 aliphatic rings. The normalized spacial score (nSPS) is 10.4. The van der Waals surface area contributed by atoms with E-state index >= 15 is 0 Å². The first-order valence-electron chi connectivity index (χ1n) is 4.44. The van der Waals surface area contributed by atoms with Gasteiger partial charge < -0.3 is 5.73 Å². The van der Waals surface area contributed by atoms with E-state index < -0.39 is 6.43 Å². The van der Waals surface area contributed by atoms with E-state index in [0.717, 1.165) is 0 Å². The SMILES string of the molecule is Cc1cc(C(F)F)nc(CN)c1CC#N. The molecule has 0 spiro atoms. The first-order chi connectivity index (χ1) is 7.10. The minimum atomic E-state index is -2.61. The van der Waals surface area contributed by atoms with E-state index in [-0.39, 0.29) is 18.7 Å². The maximum atomic E-state index is 12.4. The number of aromatic nitrogens is 1. The molecule has 0 atom stereocenters. The van der Waals surface area contributed by atoms with Crippen LogP contribution in [0.25, 0.3) is 0 Å². The second-order valence-corrected chi connectivity index (χ2v) is 3.13. The fourth-order valence-electron chi connectivity index (χ4n) is 1.39. The molecule has 2 N–H and O–H groups in total. The molecule has 15 heavy (non-hydrogen) atoms. The summed E-state index contributed by atoms with van der Waals surface area (Å²) in [6, 6.07) is 3.27. The predicted octanol–water partition coefficient (Wildman–Crippen LogP) is 1.85. The molecule has 80 valence electrons. The summed E-state index contributed by atoms with van der Waals surface area (Å²) in [5, 5.41) is 8.58. The highest BCUT2D eigenvalue weighted by Gasteiger charge is 2.14. The molecule has 1 heterocycles. The Balaban J connectivity index is 3.25. The zero-order chi connectivity index (χ0) is 11.4. The maximum Gasteiger partial charge on any atom is 0.280 e. The average Bonchev–Trinajstić information content (AvgIpc) is 2.20. The summed E-state index contributed by atoms with van der Waals surface area (Å²) in [6.07, 6.45) is -2.46. The number of hydrogen-bond donors (Lipinski definition) is 1. The quantitative estimate of drug-likeness (QED) is 0.829. The van der Waals surface area contributed by atoms with Crippen molar-refractivity contribution in [3.05, 3.63) is 28.6 Å². The molecule has 0 unspecified atom stereocenters. The van der Waals surface area contributed by atoms with Crippen molar-refractivity contribution in [1.29, 1.82) is 5.26 Å². The Morgan fingerprint density at radius 1 is 1.60 bits per heavy atom. The van der Waals surface area contributed by atoms with Crippen LogP contribution >= 0.6 is 0 Å². The minimum absolute atomic E-state index is 0.0679. The molecule has 0 bridgehead atoms. The molecule has 5 heteroatoms. The van der Waals surface area contributed by atoms with Crippen LogP contribution in [-0.4, -0.2) is 4.98 Å². The van der Waals surface area contributed by atoms with Crippen LogP contribution in [0.1, 0.15) is 28.9 Å². The second-order valence-electron chi connectivity index (χ2n) is 3.13. The molecule has 3 nitrogen and oxygen atoms in total. The number of alkyl halides is 2. The van der Waals surface area contributed by atoms with Gasteiger partial charge in [-0.1, -0.05) is 0 Å². The molecule has 0 aromatic carbocycles. The monoisotopic (exact) mass is 211 g/mol. The molecule has 0 amide bonds. The molecule has 1 aromatic rings. The number of aryl methyl sites for hydroxylation is 1. The van der Waals surface area contributed by atoms with Gasteiger partial charge >= 0.3 is 0 Å². The second kappa shape index (κ2) is 4.80. The molecular weight excluding hydrogens is 200 g/mol. The van der Waals surface area contributed by atoms with Gasteiger partial charge in [-0.05, 0) is 24.1 Å². The number of halogens is 2. The summed E-state index contributed by atoms with van der Waals surface area (Å²) >= 11 is 0. The summed E-state index contributed by atoms with van der Waals surface area (Å²) in [6.45, 7) is 1.75. The summed E-state index contributed by atoms with van der Waals surface area (Å²) in [5.74, 6) is 0. The smallest absolute Gasteiger partial charge is 0.280 e. The third-order valence-electron chi connectivity index (χ3n) is 2.13. The topological polar surface area (TPSA) is 62.7 Å². The molecule has 1 rings (SSSR count). The Hall–Kier alpha value is -1.54. The number of nitrogens with zero attached hydrogens (tertiary/aromatic N) is 2. The molecule has 0 fully saturated rings. The lowest BCUT2D eigenvalue weighted by Gasteiger charge is -2.10. The Bertz CT molecular complexity index is 396. The van der Waals surface area contributed by atoms with Gasteiger partial charge in [0.15, 0.2) is 0 Å². The highest BCUT2D eigenvalue weighted by atomic mass is 19.3. The maximum absolute atomic E-state index is 12.4. The van der Waals surface area contributed by atoms with E-state index in [1.54, 1.807) is 6.92 Å². The Kier molecular flexibility index (Phi) is 3.69. The first-order valence-corrected chi connectivity index (χ1v) is 4.44. The van der Waals surface area contributed by atoms with Crippen LogP contribution in [0.15, 0.2) is 6.07 Å². The molecular formula is C10H11F2N3. The van der Waals surface area contributed by atoms with Crippen LogP contribution in [0.5, 0.6) is 0 Å². The largest absolute Gasteiger partial charge is 0.325 e. The number of hydrogen-bond acceptors (Lipinski definition) is 3. The van der Waals surface area contributed by atoms with Crippen molar-refractivity contribution >= 4 is 0 Å². The molecule has 1 aromatic heterocycles. The van der Waals surface area contributed by atoms with Crippen molar-refractivity contribution in [2.75, 3.05) is 0 Å². The van der Waals surface area contributed by atoms with E-state index in [1.165, 1.54) is 6.07 Å². The number of nitrogens with two attached hydrogens (primary N) is 1. The summed E-state index contributed by atoms with van der Waals surface area (Å²) in [7, 11) is 0. The van der Waals surface area contributed by atoms with E-state index in [0.29, 0.717) is 16.8 Å². The fourth-order valence-corrected chi connectivity index (χ4v) is 1.39. The number of rotatable bonds is 3. The van der Waals surface area contributed by atoms with Gasteiger partial charge in [0.25, 0.3) is 6.43 Å². The zero-order valence-electron chi connectivity index (χ0n) is 8.30. The molecule has 0 saturated heterocycles. The van der Waals surface area contributed by atoms with Gasteiger partial charge in [-0.2, -0.15) is 5.26 Å². The van der Waals surface area contributed by atoms with Crippen LogP contribution in [0, 0.1) is 18.3 Å². The van der Waals surface area contributed by atoms with E-state index in [1.807, 2.05) is 6.07 Å². The van der Waals surface area contributed by atoms with Crippen molar-refractivity contribution in [3.8, 4) is 6.07 Å². The molecule has 0 aliphatic carbocycles. The number of nitriles is 1. The lowest BCUT2D eigenvalue weighted by Crippen LogP contribution is -2.09. The molecule has 0 aliphatic heterocycles. The Morgan fingerprint density at radius 2 is 2.27 bits per heavy atom. The first kappa shape index (κ1) is 11.5. The van der Waals surface area contributed by atoms with Crippen molar-refractivity contribution in [1.82, 2.24) is 4.98 Å². The van der Waals surface area contributed by atoms with Gasteiger partial charge in [-0.3, -0.25) is 4.98 Å². The van der Waals surface area contributed by atoms with E-state index in [2.05, 4.69) is 4.98 Å². The van der Waals surface area contributed by atoms with Gasteiger partial charge in [-0.25, -0.2) is 8.78 Å². The Morgan fingerprint density at radius 3 is 2.73 bits per heavy atom. The summed E-state index contributed by atoms with van der Waals surface area (Å²) in [4.78, 5) is 3.74. The van der Waals surface area contributed by atoms with Crippen LogP contribution < -0.4 is 5.73 Å². The third-order valence-corrected chi connectivity index (χ3v) is 2.13. The van der Waals surface area contributed by atoms with Gasteiger partial charge in [0.2, 0.25) is 0 Å². The highest BCUT2D eigenvalue weighted by Crippen LogP contribution is 2.21. The lowest BCUT2D eigenvalue weighted by atomic mass is 10.0. The van der Waals surface area contributed by atoms with Gasteiger partial charge in [0.05, 0.1) is 18.2 Å². The fraction of sp³-hybridized carbons (Fsp3) is 0.400. The summed E-state index contributed by atoms with van der Waals surface area (Å²) < 4.78 is 24.8. The van der Waals surface area contributed by atoms with Crippen LogP contribution in [0.3, 0.4) is 0 Å². The average molecular weight is 211 g/mol. The molecule has 0 radical (unpaired) electrons. The van der Waals surface area contributed by atoms with Crippen LogP contribution in [0.4, 0.5) is 8.78 Å². The highest BCUT2D eigenvalue weighted by molar-refractivity contribution is 5.34. The predicted molar refractivity (Wildman–Crippen MR) is 51.1 cm³/mol. The van der Waals surface area contributed by atoms with Crippen molar-refractivity contribution < 1.29 is 8.78 Å². The van der Waals surface area contributed by atoms with E-state index in [4.69, 9.17) is 11.0 Å². The van der Waals surface area contributed by atoms with Gasteiger partial charge in [0.1, 0.15) is 5.69 Å². The van der Waals surface area contributed by atoms with Crippen molar-refractivity contribution in [2.45, 2.75) is 26.3 Å². The molecule has 0 saturated carbocycles. The van der Waals surface area contributed by atoms with Crippen LogP contribution in [-0.2, 0) is 13.0 Å². The third kappa shape index (κ3) is 2.48. The lowest BCUT2D eigenvalue weighted by molar-refractivity contribution is 0.145. The standard InChI is InChI=1S/C10H11F2N3/c1-6-4-8(10(11)12)15-9(5-14)7(6)2-3-13/h4,10H,2,5,14H2,1H3.